The molecular formula is C9H16BrN3O. The molecule has 0 radical (unpaired) electrons. The maximum Gasteiger partial charge on any atom is 0.159 e. The van der Waals surface area contributed by atoms with E-state index >= 15 is 0 Å². The van der Waals surface area contributed by atoms with E-state index in [0.29, 0.717) is 19.3 Å². The first-order valence-electron chi connectivity index (χ1n) is 4.77. The van der Waals surface area contributed by atoms with Gasteiger partial charge < -0.3 is 9.30 Å². The molecule has 14 heavy (non-hydrogen) atoms. The predicted molar refractivity (Wildman–Crippen MR) is 58.4 cm³/mol. The number of ether oxygens (including phenoxy) is 1. The Morgan fingerprint density at radius 1 is 1.36 bits per heavy atom. The summed E-state index contributed by atoms with van der Waals surface area (Å²) in [6.45, 7) is 7.45. The molecule has 0 amide bonds. The minimum absolute atomic E-state index is 0.369. The first-order chi connectivity index (χ1) is 6.70. The van der Waals surface area contributed by atoms with Crippen LogP contribution in [0.25, 0.3) is 0 Å². The van der Waals surface area contributed by atoms with Crippen molar-refractivity contribution >= 4 is 15.9 Å². The number of alkyl halides is 1. The molecule has 5 heteroatoms. The fourth-order valence-corrected chi connectivity index (χ4v) is 1.72. The maximum atomic E-state index is 5.33. The molecule has 0 spiro atoms. The number of aromatic nitrogens is 3. The molecule has 0 aromatic carbocycles. The lowest BCUT2D eigenvalue weighted by molar-refractivity contribution is 0.124. The molecule has 0 saturated heterocycles. The topological polar surface area (TPSA) is 39.9 Å². The average molecular weight is 262 g/mol. The van der Waals surface area contributed by atoms with Gasteiger partial charge in [0, 0.05) is 12.6 Å². The Morgan fingerprint density at radius 2 is 2.00 bits per heavy atom. The van der Waals surface area contributed by atoms with Crippen molar-refractivity contribution in [1.29, 1.82) is 0 Å². The van der Waals surface area contributed by atoms with Crippen molar-refractivity contribution in [2.24, 2.45) is 0 Å². The van der Waals surface area contributed by atoms with E-state index in [1.165, 1.54) is 0 Å². The highest BCUT2D eigenvalue weighted by molar-refractivity contribution is 9.08. The molecule has 1 heterocycles. The third kappa shape index (κ3) is 2.54. The van der Waals surface area contributed by atoms with Crippen molar-refractivity contribution in [3.8, 4) is 0 Å². The number of nitrogens with zero attached hydrogens (tertiary/aromatic N) is 3. The van der Waals surface area contributed by atoms with Gasteiger partial charge in [0.15, 0.2) is 5.82 Å². The fraction of sp³-hybridized carbons (Fsp3) is 0.778. The van der Waals surface area contributed by atoms with E-state index in [1.807, 2.05) is 6.92 Å². The summed E-state index contributed by atoms with van der Waals surface area (Å²) in [6.07, 6.45) is 0. The van der Waals surface area contributed by atoms with Crippen molar-refractivity contribution in [1.82, 2.24) is 14.8 Å². The van der Waals surface area contributed by atoms with Gasteiger partial charge in [-0.15, -0.1) is 10.2 Å². The molecule has 80 valence electrons. The molecule has 0 bridgehead atoms. The average Bonchev–Trinajstić information content (AvgIpc) is 2.57. The number of hydrogen-bond donors (Lipinski definition) is 0. The molecule has 1 rings (SSSR count). The van der Waals surface area contributed by atoms with E-state index in [1.54, 1.807) is 0 Å². The first-order valence-corrected chi connectivity index (χ1v) is 5.89. The highest BCUT2D eigenvalue weighted by atomic mass is 79.9. The monoisotopic (exact) mass is 261 g/mol. The van der Waals surface area contributed by atoms with Gasteiger partial charge >= 0.3 is 0 Å². The molecule has 0 saturated carbocycles. The van der Waals surface area contributed by atoms with Gasteiger partial charge in [-0.1, -0.05) is 15.9 Å². The van der Waals surface area contributed by atoms with Crippen LogP contribution in [0.1, 0.15) is 38.5 Å². The van der Waals surface area contributed by atoms with Crippen molar-refractivity contribution in [2.45, 2.75) is 38.8 Å². The van der Waals surface area contributed by atoms with Crippen LogP contribution in [0.4, 0.5) is 0 Å². The quantitative estimate of drug-likeness (QED) is 0.764. The van der Waals surface area contributed by atoms with Crippen molar-refractivity contribution in [3.63, 3.8) is 0 Å². The molecule has 1 aromatic heterocycles. The van der Waals surface area contributed by atoms with Crippen LogP contribution in [-0.2, 0) is 16.7 Å². The lowest BCUT2D eigenvalue weighted by atomic mass is 10.3. The lowest BCUT2D eigenvalue weighted by Crippen LogP contribution is -2.10. The van der Waals surface area contributed by atoms with E-state index in [2.05, 4.69) is 44.5 Å². The molecule has 0 aliphatic carbocycles. The normalized spacial score (nSPS) is 11.2. The summed E-state index contributed by atoms with van der Waals surface area (Å²) in [7, 11) is 0. The molecule has 1 aromatic rings. The van der Waals surface area contributed by atoms with E-state index in [9.17, 15) is 0 Å². The van der Waals surface area contributed by atoms with Gasteiger partial charge in [0.25, 0.3) is 0 Å². The van der Waals surface area contributed by atoms with Gasteiger partial charge in [-0.2, -0.15) is 0 Å². The second-order valence-corrected chi connectivity index (χ2v) is 3.83. The van der Waals surface area contributed by atoms with Gasteiger partial charge in [0.1, 0.15) is 12.4 Å². The van der Waals surface area contributed by atoms with Crippen LogP contribution >= 0.6 is 15.9 Å². The van der Waals surface area contributed by atoms with Crippen LogP contribution in [0.5, 0.6) is 0 Å². The third-order valence-electron chi connectivity index (χ3n) is 1.91. The van der Waals surface area contributed by atoms with Gasteiger partial charge in [-0.3, -0.25) is 0 Å². The standard InChI is InChI=1S/C9H16BrN3O/c1-4-14-6-9-12-11-8(5-10)13(9)7(2)3/h7H,4-6H2,1-3H3. The summed E-state index contributed by atoms with van der Waals surface area (Å²) in [5.74, 6) is 1.85. The highest BCUT2D eigenvalue weighted by Crippen LogP contribution is 2.14. The minimum Gasteiger partial charge on any atom is -0.374 e. The predicted octanol–water partition coefficient (Wildman–Crippen LogP) is 2.29. The molecule has 0 aliphatic heterocycles. The van der Waals surface area contributed by atoms with Crippen LogP contribution in [0, 0.1) is 0 Å². The zero-order valence-corrected chi connectivity index (χ0v) is 10.4. The Kier molecular flexibility index (Phi) is 4.54. The first kappa shape index (κ1) is 11.7. The van der Waals surface area contributed by atoms with Crippen LogP contribution in [0.15, 0.2) is 0 Å². The third-order valence-corrected chi connectivity index (χ3v) is 2.41. The van der Waals surface area contributed by atoms with Gasteiger partial charge in [-0.05, 0) is 20.8 Å². The van der Waals surface area contributed by atoms with Crippen molar-refractivity contribution in [2.75, 3.05) is 6.61 Å². The van der Waals surface area contributed by atoms with Crippen molar-refractivity contribution < 1.29 is 4.74 Å². The molecule has 0 atom stereocenters. The molecule has 0 unspecified atom stereocenters. The van der Waals surface area contributed by atoms with Crippen LogP contribution in [0.3, 0.4) is 0 Å². The Balaban J connectivity index is 2.87. The lowest BCUT2D eigenvalue weighted by Gasteiger charge is -2.12. The molecule has 0 fully saturated rings. The summed E-state index contributed by atoms with van der Waals surface area (Å²) >= 11 is 3.39. The Morgan fingerprint density at radius 3 is 2.50 bits per heavy atom. The van der Waals surface area contributed by atoms with E-state index in [0.717, 1.165) is 17.0 Å². The van der Waals surface area contributed by atoms with E-state index < -0.39 is 0 Å². The van der Waals surface area contributed by atoms with Gasteiger partial charge in [0.05, 0.1) is 5.33 Å². The summed E-state index contributed by atoms with van der Waals surface area (Å²) in [5.41, 5.74) is 0. The zero-order valence-electron chi connectivity index (χ0n) is 8.83. The minimum atomic E-state index is 0.369. The summed E-state index contributed by atoms with van der Waals surface area (Å²) in [5, 5.41) is 8.93. The molecular weight excluding hydrogens is 246 g/mol. The molecule has 0 N–H and O–H groups in total. The van der Waals surface area contributed by atoms with E-state index in [-0.39, 0.29) is 0 Å². The number of rotatable bonds is 5. The Hall–Kier alpha value is -0.420. The summed E-state index contributed by atoms with van der Waals surface area (Å²) in [6, 6.07) is 0.369. The Bertz CT molecular complexity index is 286. The molecule has 4 nitrogen and oxygen atoms in total. The summed E-state index contributed by atoms with van der Waals surface area (Å²) < 4.78 is 7.43. The van der Waals surface area contributed by atoms with Crippen LogP contribution < -0.4 is 0 Å². The second kappa shape index (κ2) is 5.46. The zero-order chi connectivity index (χ0) is 10.6. The smallest absolute Gasteiger partial charge is 0.159 e. The second-order valence-electron chi connectivity index (χ2n) is 3.27. The van der Waals surface area contributed by atoms with Crippen molar-refractivity contribution in [3.05, 3.63) is 11.6 Å². The summed E-state index contributed by atoms with van der Waals surface area (Å²) in [4.78, 5) is 0. The largest absolute Gasteiger partial charge is 0.374 e. The number of halogens is 1. The van der Waals surface area contributed by atoms with Crippen LogP contribution in [0.2, 0.25) is 0 Å². The highest BCUT2D eigenvalue weighted by Gasteiger charge is 2.13. The SMILES string of the molecule is CCOCc1nnc(CBr)n1C(C)C. The van der Waals surface area contributed by atoms with Gasteiger partial charge in [-0.25, -0.2) is 0 Å². The number of hydrogen-bond acceptors (Lipinski definition) is 3. The fourth-order valence-electron chi connectivity index (χ4n) is 1.34. The van der Waals surface area contributed by atoms with E-state index in [4.69, 9.17) is 4.74 Å². The molecule has 0 aliphatic rings. The van der Waals surface area contributed by atoms with Gasteiger partial charge in [0.2, 0.25) is 0 Å². The Labute approximate surface area is 92.8 Å². The maximum absolute atomic E-state index is 5.33. The van der Waals surface area contributed by atoms with Crippen LogP contribution in [-0.4, -0.2) is 21.4 Å².